The number of hydrogen-bond donors (Lipinski definition) is 1. The van der Waals surface area contributed by atoms with Crippen LogP contribution in [0.5, 0.6) is 5.75 Å². The summed E-state index contributed by atoms with van der Waals surface area (Å²) in [6.45, 7) is 0.0999. The molecule has 0 spiro atoms. The minimum atomic E-state index is -0.642. The molecule has 1 aliphatic rings. The topological polar surface area (TPSA) is 81.7 Å². The van der Waals surface area contributed by atoms with Gasteiger partial charge in [0.05, 0.1) is 13.0 Å². The molecule has 21 heavy (non-hydrogen) atoms. The molecule has 1 atom stereocenters. The lowest BCUT2D eigenvalue weighted by Crippen LogP contribution is -2.39. The first-order valence-electron chi connectivity index (χ1n) is 6.40. The van der Waals surface area contributed by atoms with Crippen LogP contribution in [0.1, 0.15) is 12.8 Å². The Bertz CT molecular complexity index is 560. The molecule has 1 unspecified atom stereocenters. The van der Waals surface area contributed by atoms with E-state index in [2.05, 4.69) is 21.2 Å². The van der Waals surface area contributed by atoms with Gasteiger partial charge in [0.1, 0.15) is 18.4 Å². The zero-order chi connectivity index (χ0) is 15.2. The van der Waals surface area contributed by atoms with Gasteiger partial charge >= 0.3 is 5.97 Å². The highest BCUT2D eigenvalue weighted by molar-refractivity contribution is 9.10. The van der Waals surface area contributed by atoms with Gasteiger partial charge in [0.15, 0.2) is 5.78 Å². The standard InChI is InChI=1S/C14H14BrNO5/c15-9-2-1-3-11(6-9)21-8-10(17)7-13(18)16-12-4-5-20-14(12)19/h1-3,6,12H,4-5,7-8H2,(H,16,18). The molecule has 1 saturated heterocycles. The van der Waals surface area contributed by atoms with Gasteiger partial charge in [0.25, 0.3) is 0 Å². The van der Waals surface area contributed by atoms with E-state index in [-0.39, 0.29) is 18.8 Å². The van der Waals surface area contributed by atoms with E-state index in [9.17, 15) is 14.4 Å². The molecule has 7 heteroatoms. The zero-order valence-electron chi connectivity index (χ0n) is 11.1. The molecular formula is C14H14BrNO5. The summed E-state index contributed by atoms with van der Waals surface area (Å²) in [5.41, 5.74) is 0. The van der Waals surface area contributed by atoms with Crippen LogP contribution in [0.15, 0.2) is 28.7 Å². The highest BCUT2D eigenvalue weighted by Crippen LogP contribution is 2.17. The van der Waals surface area contributed by atoms with Gasteiger partial charge in [-0.3, -0.25) is 9.59 Å². The van der Waals surface area contributed by atoms with Crippen LogP contribution in [0.2, 0.25) is 0 Å². The number of nitrogens with one attached hydrogen (secondary N) is 1. The summed E-state index contributed by atoms with van der Waals surface area (Å²) in [4.78, 5) is 34.5. The Morgan fingerprint density at radius 1 is 1.43 bits per heavy atom. The maximum absolute atomic E-state index is 11.7. The number of esters is 1. The molecule has 1 aromatic carbocycles. The Balaban J connectivity index is 1.74. The maximum Gasteiger partial charge on any atom is 0.328 e. The van der Waals surface area contributed by atoms with Crippen molar-refractivity contribution >= 4 is 33.6 Å². The molecular weight excluding hydrogens is 342 g/mol. The summed E-state index contributed by atoms with van der Waals surface area (Å²) >= 11 is 3.29. The number of cyclic esters (lactones) is 1. The van der Waals surface area contributed by atoms with Crippen molar-refractivity contribution in [1.82, 2.24) is 5.32 Å². The van der Waals surface area contributed by atoms with Gasteiger partial charge < -0.3 is 14.8 Å². The first-order chi connectivity index (χ1) is 10.0. The second-order valence-electron chi connectivity index (χ2n) is 4.54. The van der Waals surface area contributed by atoms with Gasteiger partial charge in [-0.15, -0.1) is 0 Å². The van der Waals surface area contributed by atoms with Crippen molar-refractivity contribution in [2.45, 2.75) is 18.9 Å². The third-order valence-electron chi connectivity index (χ3n) is 2.82. The molecule has 0 saturated carbocycles. The van der Waals surface area contributed by atoms with E-state index in [0.29, 0.717) is 18.8 Å². The van der Waals surface area contributed by atoms with Crippen molar-refractivity contribution in [1.29, 1.82) is 0 Å². The lowest BCUT2D eigenvalue weighted by Gasteiger charge is -2.09. The highest BCUT2D eigenvalue weighted by atomic mass is 79.9. The van der Waals surface area contributed by atoms with Crippen LogP contribution < -0.4 is 10.1 Å². The third-order valence-corrected chi connectivity index (χ3v) is 3.32. The molecule has 0 aromatic heterocycles. The van der Waals surface area contributed by atoms with Gasteiger partial charge in [-0.2, -0.15) is 0 Å². The van der Waals surface area contributed by atoms with Crippen LogP contribution in [0.4, 0.5) is 0 Å². The molecule has 0 aliphatic carbocycles. The van der Waals surface area contributed by atoms with E-state index in [4.69, 9.17) is 9.47 Å². The Labute approximate surface area is 129 Å². The molecule has 1 aromatic rings. The summed E-state index contributed by atoms with van der Waals surface area (Å²) in [7, 11) is 0. The van der Waals surface area contributed by atoms with Crippen LogP contribution in [-0.2, 0) is 19.1 Å². The molecule has 1 fully saturated rings. The predicted molar refractivity (Wildman–Crippen MR) is 76.8 cm³/mol. The van der Waals surface area contributed by atoms with Crippen molar-refractivity contribution in [2.24, 2.45) is 0 Å². The summed E-state index contributed by atoms with van der Waals surface area (Å²) in [6, 6.07) is 6.41. The average molecular weight is 356 g/mol. The number of ketones is 1. The first kappa shape index (κ1) is 15.5. The SMILES string of the molecule is O=C(COc1cccc(Br)c1)CC(=O)NC1CCOC1=O. The number of hydrogen-bond acceptors (Lipinski definition) is 5. The van der Waals surface area contributed by atoms with Crippen molar-refractivity contribution in [3.05, 3.63) is 28.7 Å². The fourth-order valence-corrected chi connectivity index (χ4v) is 2.20. The minimum Gasteiger partial charge on any atom is -0.486 e. The van der Waals surface area contributed by atoms with Crippen molar-refractivity contribution in [2.75, 3.05) is 13.2 Å². The van der Waals surface area contributed by atoms with E-state index >= 15 is 0 Å². The number of carbonyl (C=O) groups is 3. The Morgan fingerprint density at radius 2 is 2.24 bits per heavy atom. The first-order valence-corrected chi connectivity index (χ1v) is 7.20. The Hall–Kier alpha value is -1.89. The van der Waals surface area contributed by atoms with Crippen molar-refractivity contribution in [3.8, 4) is 5.75 Å². The highest BCUT2D eigenvalue weighted by Gasteiger charge is 2.28. The molecule has 112 valence electrons. The number of benzene rings is 1. The second-order valence-corrected chi connectivity index (χ2v) is 5.45. The van der Waals surface area contributed by atoms with Crippen LogP contribution >= 0.6 is 15.9 Å². The van der Waals surface area contributed by atoms with Gasteiger partial charge in [0, 0.05) is 10.9 Å². The summed E-state index contributed by atoms with van der Waals surface area (Å²) in [5, 5.41) is 2.47. The summed E-state index contributed by atoms with van der Waals surface area (Å²) < 4.78 is 10.8. The van der Waals surface area contributed by atoms with E-state index in [0.717, 1.165) is 4.47 Å². The van der Waals surface area contributed by atoms with Gasteiger partial charge in [-0.25, -0.2) is 4.79 Å². The molecule has 0 bridgehead atoms. The molecule has 1 amide bonds. The number of carbonyl (C=O) groups excluding carboxylic acids is 3. The van der Waals surface area contributed by atoms with Crippen molar-refractivity contribution < 1.29 is 23.9 Å². The van der Waals surface area contributed by atoms with Crippen LogP contribution in [0.3, 0.4) is 0 Å². The van der Waals surface area contributed by atoms with Crippen LogP contribution in [0.25, 0.3) is 0 Å². The quantitative estimate of drug-likeness (QED) is 0.612. The number of rotatable bonds is 6. The minimum absolute atomic E-state index is 0.195. The van der Waals surface area contributed by atoms with E-state index < -0.39 is 17.9 Å². The molecule has 1 aliphatic heterocycles. The maximum atomic E-state index is 11.7. The van der Waals surface area contributed by atoms with Crippen molar-refractivity contribution in [3.63, 3.8) is 0 Å². The number of halogens is 1. The zero-order valence-corrected chi connectivity index (χ0v) is 12.7. The van der Waals surface area contributed by atoms with E-state index in [1.165, 1.54) is 0 Å². The lowest BCUT2D eigenvalue weighted by molar-refractivity contribution is -0.142. The molecule has 2 rings (SSSR count). The van der Waals surface area contributed by atoms with Gasteiger partial charge in [-0.1, -0.05) is 22.0 Å². The van der Waals surface area contributed by atoms with E-state index in [1.807, 2.05) is 6.07 Å². The monoisotopic (exact) mass is 355 g/mol. The molecule has 1 N–H and O–H groups in total. The summed E-state index contributed by atoms with van der Waals surface area (Å²) in [6.07, 6.45) is 0.116. The predicted octanol–water partition coefficient (Wildman–Crippen LogP) is 1.22. The smallest absolute Gasteiger partial charge is 0.328 e. The summed E-state index contributed by atoms with van der Waals surface area (Å²) in [5.74, 6) is -0.778. The molecule has 6 nitrogen and oxygen atoms in total. The number of Topliss-reactive ketones (excluding diaryl/α,β-unsaturated/α-hetero) is 1. The fourth-order valence-electron chi connectivity index (χ4n) is 1.82. The third kappa shape index (κ3) is 4.86. The average Bonchev–Trinajstić information content (AvgIpc) is 2.82. The van der Waals surface area contributed by atoms with Crippen LogP contribution in [-0.4, -0.2) is 36.9 Å². The van der Waals surface area contributed by atoms with E-state index in [1.54, 1.807) is 18.2 Å². The number of ether oxygens (including phenoxy) is 2. The van der Waals surface area contributed by atoms with Gasteiger partial charge in [0.2, 0.25) is 5.91 Å². The lowest BCUT2D eigenvalue weighted by atomic mass is 10.2. The molecule has 1 heterocycles. The van der Waals surface area contributed by atoms with Gasteiger partial charge in [-0.05, 0) is 18.2 Å². The Morgan fingerprint density at radius 3 is 2.90 bits per heavy atom. The normalized spacial score (nSPS) is 17.2. The molecule has 0 radical (unpaired) electrons. The second kappa shape index (κ2) is 7.21. The Kier molecular flexibility index (Phi) is 5.32. The van der Waals surface area contributed by atoms with Crippen LogP contribution in [0, 0.1) is 0 Å². The largest absolute Gasteiger partial charge is 0.486 e. The fraction of sp³-hybridized carbons (Fsp3) is 0.357. The number of amides is 1.